The molecule has 5 heteroatoms. The third-order valence-corrected chi connectivity index (χ3v) is 1.73. The van der Waals surface area contributed by atoms with Crippen molar-refractivity contribution in [3.63, 3.8) is 0 Å². The maximum atomic E-state index is 10.8. The van der Waals surface area contributed by atoms with E-state index in [4.69, 9.17) is 5.73 Å². The van der Waals surface area contributed by atoms with Crippen molar-refractivity contribution in [2.24, 2.45) is 5.73 Å². The molecule has 0 saturated heterocycles. The van der Waals surface area contributed by atoms with Gasteiger partial charge in [0.25, 0.3) is 5.91 Å². The van der Waals surface area contributed by atoms with Crippen LogP contribution >= 0.6 is 0 Å². The van der Waals surface area contributed by atoms with Crippen LogP contribution in [0.5, 0.6) is 0 Å². The largest absolute Gasteiger partial charge is 0.364 e. The van der Waals surface area contributed by atoms with Crippen molar-refractivity contribution in [1.82, 2.24) is 14.8 Å². The number of hydrogen-bond donors (Lipinski definition) is 1. The van der Waals surface area contributed by atoms with Gasteiger partial charge in [-0.2, -0.15) is 5.10 Å². The zero-order valence-electron chi connectivity index (χ0n) is 7.29. The Morgan fingerprint density at radius 1 is 1.36 bits per heavy atom. The van der Waals surface area contributed by atoms with E-state index in [0.29, 0.717) is 5.82 Å². The number of pyridine rings is 1. The van der Waals surface area contributed by atoms with E-state index in [0.717, 1.165) is 0 Å². The summed E-state index contributed by atoms with van der Waals surface area (Å²) in [6.07, 6.45) is 3.30. The molecule has 1 amide bonds. The Kier molecular flexibility index (Phi) is 1.98. The third kappa shape index (κ3) is 1.47. The summed E-state index contributed by atoms with van der Waals surface area (Å²) in [5.41, 5.74) is 5.30. The molecule has 0 aliphatic carbocycles. The van der Waals surface area contributed by atoms with Gasteiger partial charge >= 0.3 is 0 Å². The van der Waals surface area contributed by atoms with Crippen molar-refractivity contribution in [1.29, 1.82) is 0 Å². The molecule has 0 aliphatic rings. The lowest BCUT2D eigenvalue weighted by atomic mass is 10.4. The van der Waals surface area contributed by atoms with Crippen molar-refractivity contribution in [3.05, 3.63) is 42.4 Å². The van der Waals surface area contributed by atoms with Crippen LogP contribution in [0.4, 0.5) is 0 Å². The minimum absolute atomic E-state index is 0.232. The molecule has 0 bridgehead atoms. The minimum atomic E-state index is -0.542. The van der Waals surface area contributed by atoms with E-state index in [2.05, 4.69) is 10.1 Å². The quantitative estimate of drug-likeness (QED) is 0.739. The highest BCUT2D eigenvalue weighted by molar-refractivity contribution is 5.90. The van der Waals surface area contributed by atoms with Gasteiger partial charge in [-0.1, -0.05) is 6.07 Å². The smallest absolute Gasteiger partial charge is 0.269 e. The van der Waals surface area contributed by atoms with Crippen LogP contribution in [0.3, 0.4) is 0 Å². The lowest BCUT2D eigenvalue weighted by molar-refractivity contribution is 0.0995. The van der Waals surface area contributed by atoms with Gasteiger partial charge in [0, 0.05) is 12.4 Å². The predicted molar refractivity (Wildman–Crippen MR) is 49.9 cm³/mol. The number of hydrogen-bond acceptors (Lipinski definition) is 3. The number of nitrogens with two attached hydrogens (primary N) is 1. The number of amides is 1. The fourth-order valence-corrected chi connectivity index (χ4v) is 1.07. The summed E-state index contributed by atoms with van der Waals surface area (Å²) in [4.78, 5) is 14.8. The fraction of sp³-hybridized carbons (Fsp3) is 0. The highest BCUT2D eigenvalue weighted by Crippen LogP contribution is 2.02. The van der Waals surface area contributed by atoms with Gasteiger partial charge in [-0.3, -0.25) is 4.79 Å². The Hall–Kier alpha value is -2.17. The number of carbonyl (C=O) groups is 1. The summed E-state index contributed by atoms with van der Waals surface area (Å²) in [6.45, 7) is 0. The zero-order chi connectivity index (χ0) is 9.97. The van der Waals surface area contributed by atoms with Crippen LogP contribution in [0.25, 0.3) is 5.82 Å². The monoisotopic (exact) mass is 188 g/mol. The second kappa shape index (κ2) is 3.29. The Morgan fingerprint density at radius 3 is 2.79 bits per heavy atom. The van der Waals surface area contributed by atoms with Crippen molar-refractivity contribution in [3.8, 4) is 5.82 Å². The summed E-state index contributed by atoms with van der Waals surface area (Å²) in [5, 5.41) is 3.96. The van der Waals surface area contributed by atoms with Gasteiger partial charge in [-0.15, -0.1) is 0 Å². The molecule has 2 rings (SSSR count). The van der Waals surface area contributed by atoms with Crippen molar-refractivity contribution >= 4 is 5.91 Å². The standard InChI is InChI=1S/C9H8N4O/c10-9(14)7-4-6-13(12-7)8-3-1-2-5-11-8/h1-6H,(H2,10,14). The topological polar surface area (TPSA) is 73.8 Å². The van der Waals surface area contributed by atoms with Crippen LogP contribution in [0.2, 0.25) is 0 Å². The molecule has 0 spiro atoms. The molecule has 0 atom stereocenters. The van der Waals surface area contributed by atoms with Gasteiger partial charge in [-0.25, -0.2) is 9.67 Å². The average Bonchev–Trinajstić information content (AvgIpc) is 2.68. The highest BCUT2D eigenvalue weighted by Gasteiger charge is 2.05. The van der Waals surface area contributed by atoms with Crippen LogP contribution in [0.1, 0.15) is 10.5 Å². The first-order valence-corrected chi connectivity index (χ1v) is 4.04. The van der Waals surface area contributed by atoms with Gasteiger partial charge in [-0.05, 0) is 18.2 Å². The Morgan fingerprint density at radius 2 is 2.21 bits per heavy atom. The molecule has 2 heterocycles. The number of primary amides is 1. The molecule has 0 aliphatic heterocycles. The lowest BCUT2D eigenvalue weighted by Crippen LogP contribution is -2.12. The molecular formula is C9H8N4O. The first-order chi connectivity index (χ1) is 6.77. The predicted octanol–water partition coefficient (Wildman–Crippen LogP) is 0.366. The van der Waals surface area contributed by atoms with E-state index < -0.39 is 5.91 Å². The van der Waals surface area contributed by atoms with E-state index in [1.807, 2.05) is 12.1 Å². The fourth-order valence-electron chi connectivity index (χ4n) is 1.07. The van der Waals surface area contributed by atoms with E-state index in [1.165, 1.54) is 4.68 Å². The van der Waals surface area contributed by atoms with Gasteiger partial charge in [0.15, 0.2) is 5.82 Å². The summed E-state index contributed by atoms with van der Waals surface area (Å²) < 4.78 is 1.50. The van der Waals surface area contributed by atoms with Crippen molar-refractivity contribution in [2.75, 3.05) is 0 Å². The molecule has 70 valence electrons. The number of aromatic nitrogens is 3. The minimum Gasteiger partial charge on any atom is -0.364 e. The first kappa shape index (κ1) is 8.43. The molecule has 2 aromatic heterocycles. The first-order valence-electron chi connectivity index (χ1n) is 4.04. The van der Waals surface area contributed by atoms with Gasteiger partial charge in [0.1, 0.15) is 5.69 Å². The van der Waals surface area contributed by atoms with Crippen LogP contribution in [-0.4, -0.2) is 20.7 Å². The number of rotatable bonds is 2. The summed E-state index contributed by atoms with van der Waals surface area (Å²) >= 11 is 0. The van der Waals surface area contributed by atoms with Crippen molar-refractivity contribution in [2.45, 2.75) is 0 Å². The SMILES string of the molecule is NC(=O)c1ccn(-c2ccccn2)n1. The molecule has 0 aromatic carbocycles. The van der Waals surface area contributed by atoms with Crippen LogP contribution in [0, 0.1) is 0 Å². The van der Waals surface area contributed by atoms with E-state index in [1.54, 1.807) is 24.5 Å². The van der Waals surface area contributed by atoms with Gasteiger partial charge in [0.2, 0.25) is 0 Å². The van der Waals surface area contributed by atoms with Crippen LogP contribution in [0.15, 0.2) is 36.7 Å². The van der Waals surface area contributed by atoms with Crippen LogP contribution in [-0.2, 0) is 0 Å². The molecule has 2 N–H and O–H groups in total. The molecule has 14 heavy (non-hydrogen) atoms. The van der Waals surface area contributed by atoms with Crippen molar-refractivity contribution < 1.29 is 4.79 Å². The molecule has 5 nitrogen and oxygen atoms in total. The van der Waals surface area contributed by atoms with Gasteiger partial charge in [0.05, 0.1) is 0 Å². The summed E-state index contributed by atoms with van der Waals surface area (Å²) in [6, 6.07) is 6.99. The average molecular weight is 188 g/mol. The maximum absolute atomic E-state index is 10.8. The Labute approximate surface area is 80.2 Å². The molecule has 0 saturated carbocycles. The second-order valence-corrected chi connectivity index (χ2v) is 2.70. The third-order valence-electron chi connectivity index (χ3n) is 1.73. The number of nitrogens with zero attached hydrogens (tertiary/aromatic N) is 3. The van der Waals surface area contributed by atoms with E-state index in [-0.39, 0.29) is 5.69 Å². The lowest BCUT2D eigenvalue weighted by Gasteiger charge is -1.97. The normalized spacial score (nSPS) is 10.0. The molecule has 0 fully saturated rings. The summed E-state index contributed by atoms with van der Waals surface area (Å²) in [7, 11) is 0. The summed E-state index contributed by atoms with van der Waals surface area (Å²) in [5.74, 6) is 0.111. The highest BCUT2D eigenvalue weighted by atomic mass is 16.1. The molecule has 0 radical (unpaired) electrons. The Bertz CT molecular complexity index is 449. The Balaban J connectivity index is 2.39. The molecule has 2 aromatic rings. The van der Waals surface area contributed by atoms with E-state index >= 15 is 0 Å². The second-order valence-electron chi connectivity index (χ2n) is 2.70. The maximum Gasteiger partial charge on any atom is 0.269 e. The molecule has 0 unspecified atom stereocenters. The zero-order valence-corrected chi connectivity index (χ0v) is 7.29. The van der Waals surface area contributed by atoms with Crippen LogP contribution < -0.4 is 5.73 Å². The number of carbonyl (C=O) groups excluding carboxylic acids is 1. The van der Waals surface area contributed by atoms with E-state index in [9.17, 15) is 4.79 Å². The van der Waals surface area contributed by atoms with Gasteiger partial charge < -0.3 is 5.73 Å². The molecular weight excluding hydrogens is 180 g/mol.